The fourth-order valence-corrected chi connectivity index (χ4v) is 1.79. The maximum absolute atomic E-state index is 12.7. The monoisotopic (exact) mass is 273 g/mol. The van der Waals surface area contributed by atoms with Crippen molar-refractivity contribution < 1.29 is 13.2 Å². The lowest BCUT2D eigenvalue weighted by atomic mass is 10.1. The first kappa shape index (κ1) is 13.3. The van der Waals surface area contributed by atoms with Crippen LogP contribution in [0.1, 0.15) is 11.1 Å². The molecule has 1 aromatic carbocycles. The highest BCUT2D eigenvalue weighted by Gasteiger charge is 2.31. The van der Waals surface area contributed by atoms with Gasteiger partial charge in [-0.3, -0.25) is 9.59 Å². The summed E-state index contributed by atoms with van der Waals surface area (Å²) in [6, 6.07) is 1.74. The highest BCUT2D eigenvalue weighted by atomic mass is 19.4. The normalized spacial score (nSPS) is 12.0. The van der Waals surface area contributed by atoms with Crippen LogP contribution in [-0.2, 0) is 12.7 Å². The van der Waals surface area contributed by atoms with Crippen LogP contribution in [0.3, 0.4) is 0 Å². The Kier molecular flexibility index (Phi) is 3.19. The number of rotatable bonds is 2. The molecule has 1 aromatic heterocycles. The zero-order valence-corrected chi connectivity index (χ0v) is 9.81. The zero-order valence-electron chi connectivity index (χ0n) is 9.81. The topological polar surface area (TPSA) is 77.8 Å². The molecule has 0 atom stereocenters. The van der Waals surface area contributed by atoms with Gasteiger partial charge >= 0.3 is 17.3 Å². The van der Waals surface area contributed by atoms with Crippen LogP contribution in [0.25, 0.3) is 11.0 Å². The van der Waals surface area contributed by atoms with E-state index in [4.69, 9.17) is 0 Å². The summed E-state index contributed by atoms with van der Waals surface area (Å²) in [5.41, 5.74) is -2.38. The molecule has 1 heterocycles. The van der Waals surface area contributed by atoms with Crippen LogP contribution in [0.2, 0.25) is 0 Å². The van der Waals surface area contributed by atoms with E-state index >= 15 is 0 Å². The number of hydrogen-bond donors (Lipinski definition) is 3. The van der Waals surface area contributed by atoms with Gasteiger partial charge < -0.3 is 15.3 Å². The summed E-state index contributed by atoms with van der Waals surface area (Å²) in [5.74, 6) is 0. The third-order valence-electron chi connectivity index (χ3n) is 2.61. The van der Waals surface area contributed by atoms with Crippen molar-refractivity contribution in [3.63, 3.8) is 0 Å². The molecule has 0 unspecified atom stereocenters. The second kappa shape index (κ2) is 4.54. The predicted octanol–water partition coefficient (Wildman–Crippen LogP) is 0.955. The van der Waals surface area contributed by atoms with Crippen molar-refractivity contribution in [2.75, 3.05) is 7.05 Å². The highest BCUT2D eigenvalue weighted by molar-refractivity contribution is 5.78. The summed E-state index contributed by atoms with van der Waals surface area (Å²) in [6.07, 6.45) is -4.52. The minimum absolute atomic E-state index is 0.0512. The smallest absolute Gasteiger partial charge is 0.316 e. The Bertz CT molecular complexity index is 731. The van der Waals surface area contributed by atoms with Crippen LogP contribution < -0.4 is 16.4 Å². The van der Waals surface area contributed by atoms with E-state index in [1.54, 1.807) is 7.05 Å². The Morgan fingerprint density at radius 3 is 2.37 bits per heavy atom. The number of alkyl halides is 3. The third kappa shape index (κ3) is 2.53. The van der Waals surface area contributed by atoms with Crippen molar-refractivity contribution in [2.45, 2.75) is 12.7 Å². The van der Waals surface area contributed by atoms with Gasteiger partial charge in [0.25, 0.3) is 0 Å². The van der Waals surface area contributed by atoms with Crippen molar-refractivity contribution in [3.8, 4) is 0 Å². The largest absolute Gasteiger partial charge is 0.416 e. The molecule has 0 aliphatic heterocycles. The molecule has 0 aliphatic carbocycles. The molecule has 0 fully saturated rings. The Balaban J connectivity index is 2.83. The van der Waals surface area contributed by atoms with Gasteiger partial charge in [0, 0.05) is 6.54 Å². The van der Waals surface area contributed by atoms with Crippen molar-refractivity contribution in [2.24, 2.45) is 0 Å². The van der Waals surface area contributed by atoms with Crippen LogP contribution in [0.15, 0.2) is 21.7 Å². The van der Waals surface area contributed by atoms with Gasteiger partial charge in [-0.25, -0.2) is 0 Å². The average Bonchev–Trinajstić information content (AvgIpc) is 2.30. The lowest BCUT2D eigenvalue weighted by molar-refractivity contribution is -0.137. The standard InChI is InChI=1S/C11H10F3N3O2/c1-15-4-5-2-6(11(12,13)14)3-7-8(5)17-10(19)9(18)16-7/h2-3,15H,4H2,1H3,(H,16,18)(H,17,19). The Hall–Kier alpha value is -2.09. The Labute approximate surface area is 104 Å². The first-order chi connectivity index (χ1) is 8.82. The average molecular weight is 273 g/mol. The molecule has 0 saturated carbocycles. The summed E-state index contributed by atoms with van der Waals surface area (Å²) in [7, 11) is 1.57. The van der Waals surface area contributed by atoms with Crippen molar-refractivity contribution in [1.82, 2.24) is 15.3 Å². The van der Waals surface area contributed by atoms with E-state index in [2.05, 4.69) is 15.3 Å². The summed E-state index contributed by atoms with van der Waals surface area (Å²) >= 11 is 0. The number of H-pyrrole nitrogens is 2. The Morgan fingerprint density at radius 1 is 1.16 bits per heavy atom. The van der Waals surface area contributed by atoms with Gasteiger partial charge in [-0.15, -0.1) is 0 Å². The van der Waals surface area contributed by atoms with Gasteiger partial charge in [0.1, 0.15) is 0 Å². The molecule has 5 nitrogen and oxygen atoms in total. The number of aromatic nitrogens is 2. The van der Waals surface area contributed by atoms with Crippen LogP contribution in [0, 0.1) is 0 Å². The van der Waals surface area contributed by atoms with Crippen LogP contribution in [0.4, 0.5) is 13.2 Å². The van der Waals surface area contributed by atoms with E-state index in [1.807, 2.05) is 0 Å². The van der Waals surface area contributed by atoms with Gasteiger partial charge in [0.2, 0.25) is 0 Å². The fourth-order valence-electron chi connectivity index (χ4n) is 1.79. The fraction of sp³-hybridized carbons (Fsp3) is 0.273. The molecule has 0 radical (unpaired) electrons. The SMILES string of the molecule is CNCc1cc(C(F)(F)F)cc2[nH]c(=O)c(=O)[nH]c12. The van der Waals surface area contributed by atoms with Gasteiger partial charge in [-0.1, -0.05) is 0 Å². The van der Waals surface area contributed by atoms with Gasteiger partial charge in [0.05, 0.1) is 16.6 Å². The zero-order chi connectivity index (χ0) is 14.2. The quantitative estimate of drug-likeness (QED) is 0.713. The lowest BCUT2D eigenvalue weighted by Crippen LogP contribution is -2.29. The van der Waals surface area contributed by atoms with E-state index in [1.165, 1.54) is 0 Å². The summed E-state index contributed by atoms with van der Waals surface area (Å²) < 4.78 is 38.2. The molecule has 2 rings (SSSR count). The number of fused-ring (bicyclic) bond motifs is 1. The summed E-state index contributed by atoms with van der Waals surface area (Å²) in [5, 5.41) is 2.71. The molecule has 102 valence electrons. The van der Waals surface area contributed by atoms with Gasteiger partial charge in [0.15, 0.2) is 0 Å². The third-order valence-corrected chi connectivity index (χ3v) is 2.61. The Morgan fingerprint density at radius 2 is 1.79 bits per heavy atom. The number of benzene rings is 1. The van der Waals surface area contributed by atoms with Crippen LogP contribution in [-0.4, -0.2) is 17.0 Å². The number of nitrogens with one attached hydrogen (secondary N) is 3. The van der Waals surface area contributed by atoms with Crippen LogP contribution >= 0.6 is 0 Å². The molecule has 0 bridgehead atoms. The molecule has 0 spiro atoms. The van der Waals surface area contributed by atoms with Crippen molar-refractivity contribution >= 4 is 11.0 Å². The van der Waals surface area contributed by atoms with Gasteiger partial charge in [-0.2, -0.15) is 13.2 Å². The first-order valence-corrected chi connectivity index (χ1v) is 5.34. The lowest BCUT2D eigenvalue weighted by Gasteiger charge is -2.11. The van der Waals surface area contributed by atoms with Crippen LogP contribution in [0.5, 0.6) is 0 Å². The number of hydrogen-bond acceptors (Lipinski definition) is 3. The minimum Gasteiger partial charge on any atom is -0.316 e. The highest BCUT2D eigenvalue weighted by Crippen LogP contribution is 2.31. The molecule has 0 amide bonds. The molecule has 8 heteroatoms. The summed E-state index contributed by atoms with van der Waals surface area (Å²) in [6.45, 7) is 0.127. The van der Waals surface area contributed by atoms with Crippen molar-refractivity contribution in [1.29, 1.82) is 0 Å². The van der Waals surface area contributed by atoms with E-state index in [9.17, 15) is 22.8 Å². The molecule has 19 heavy (non-hydrogen) atoms. The molecular weight excluding hydrogens is 263 g/mol. The molecule has 0 aliphatic rings. The maximum atomic E-state index is 12.7. The first-order valence-electron chi connectivity index (χ1n) is 5.34. The second-order valence-electron chi connectivity index (χ2n) is 3.99. The number of halogens is 3. The van der Waals surface area contributed by atoms with Gasteiger partial charge in [-0.05, 0) is 24.7 Å². The van der Waals surface area contributed by atoms with E-state index < -0.39 is 22.9 Å². The summed E-state index contributed by atoms with van der Waals surface area (Å²) in [4.78, 5) is 26.8. The second-order valence-corrected chi connectivity index (χ2v) is 3.99. The molecule has 2 aromatic rings. The molecular formula is C11H10F3N3O2. The number of aromatic amines is 2. The maximum Gasteiger partial charge on any atom is 0.416 e. The van der Waals surface area contributed by atoms with E-state index in [0.717, 1.165) is 12.1 Å². The molecule has 3 N–H and O–H groups in total. The van der Waals surface area contributed by atoms with E-state index in [-0.39, 0.29) is 23.1 Å². The van der Waals surface area contributed by atoms with Crippen molar-refractivity contribution in [3.05, 3.63) is 44.0 Å². The predicted molar refractivity (Wildman–Crippen MR) is 63.0 cm³/mol. The van der Waals surface area contributed by atoms with E-state index in [0.29, 0.717) is 0 Å². The molecule has 0 saturated heterocycles. The minimum atomic E-state index is -4.52.